The average molecular weight is 267 g/mol. The number of aromatic nitrogens is 2. The highest BCUT2D eigenvalue weighted by Crippen LogP contribution is 2.31. The number of hydrogen-bond donors (Lipinski definition) is 1. The van der Waals surface area contributed by atoms with Crippen LogP contribution in [0.15, 0.2) is 53.8 Å². The molecule has 1 N–H and O–H groups in total. The third-order valence-corrected chi connectivity index (χ3v) is 2.99. The Kier molecular flexibility index (Phi) is 2.76. The minimum absolute atomic E-state index is 0.0274. The minimum atomic E-state index is -1.10. The Morgan fingerprint density at radius 1 is 1.15 bits per heavy atom. The molecule has 2 heterocycles. The molecule has 0 saturated heterocycles. The predicted octanol–water partition coefficient (Wildman–Crippen LogP) is 3.10. The van der Waals surface area contributed by atoms with Gasteiger partial charge in [-0.15, -0.1) is 4.91 Å². The molecular formula is C14H9N3O3. The van der Waals surface area contributed by atoms with Gasteiger partial charge in [-0.2, -0.15) is 0 Å². The highest BCUT2D eigenvalue weighted by Gasteiger charge is 2.19. The van der Waals surface area contributed by atoms with Crippen LogP contribution in [0, 0.1) is 4.91 Å². The van der Waals surface area contributed by atoms with Crippen LogP contribution in [0.3, 0.4) is 0 Å². The van der Waals surface area contributed by atoms with E-state index in [1.807, 2.05) is 18.2 Å². The van der Waals surface area contributed by atoms with Crippen LogP contribution in [0.25, 0.3) is 16.9 Å². The van der Waals surface area contributed by atoms with Crippen molar-refractivity contribution >= 4 is 17.4 Å². The zero-order valence-electron chi connectivity index (χ0n) is 10.2. The van der Waals surface area contributed by atoms with E-state index in [4.69, 9.17) is 5.11 Å². The second-order valence-corrected chi connectivity index (χ2v) is 4.16. The molecule has 98 valence electrons. The number of hydrogen-bond acceptors (Lipinski definition) is 4. The second-order valence-electron chi connectivity index (χ2n) is 4.16. The lowest BCUT2D eigenvalue weighted by molar-refractivity contribution is 0.0698. The Hall–Kier alpha value is -3.02. The first-order valence-corrected chi connectivity index (χ1v) is 5.85. The van der Waals surface area contributed by atoms with Crippen LogP contribution in [-0.4, -0.2) is 20.5 Å². The zero-order chi connectivity index (χ0) is 14.1. The van der Waals surface area contributed by atoms with E-state index in [9.17, 15) is 9.70 Å². The smallest absolute Gasteiger partial charge is 0.339 e. The number of rotatable bonds is 3. The number of fused-ring (bicyclic) bond motifs is 1. The van der Waals surface area contributed by atoms with Gasteiger partial charge in [0.25, 0.3) is 0 Å². The molecule has 0 spiro atoms. The normalized spacial score (nSPS) is 10.6. The highest BCUT2D eigenvalue weighted by atomic mass is 16.4. The molecule has 6 nitrogen and oxygen atoms in total. The number of carboxylic acid groups (broad SMARTS) is 1. The molecule has 0 radical (unpaired) electrons. The molecule has 0 fully saturated rings. The van der Waals surface area contributed by atoms with Gasteiger partial charge >= 0.3 is 5.97 Å². The first-order chi connectivity index (χ1) is 9.72. The Bertz CT molecular complexity index is 809. The summed E-state index contributed by atoms with van der Waals surface area (Å²) >= 11 is 0. The molecule has 0 unspecified atom stereocenters. The zero-order valence-corrected chi connectivity index (χ0v) is 10.2. The lowest BCUT2D eigenvalue weighted by Crippen LogP contribution is -1.99. The number of imidazole rings is 1. The van der Waals surface area contributed by atoms with Crippen molar-refractivity contribution in [3.63, 3.8) is 0 Å². The number of pyridine rings is 1. The van der Waals surface area contributed by atoms with E-state index in [0.29, 0.717) is 11.3 Å². The van der Waals surface area contributed by atoms with Gasteiger partial charge in [-0.25, -0.2) is 9.78 Å². The first-order valence-electron chi connectivity index (χ1n) is 5.85. The summed E-state index contributed by atoms with van der Waals surface area (Å²) < 4.78 is 1.39. The number of nitroso groups, excluding NO2 is 1. The molecule has 0 aliphatic heterocycles. The Balaban J connectivity index is 2.37. The van der Waals surface area contributed by atoms with E-state index in [2.05, 4.69) is 10.2 Å². The van der Waals surface area contributed by atoms with Crippen molar-refractivity contribution in [3.8, 4) is 11.3 Å². The fourth-order valence-corrected chi connectivity index (χ4v) is 2.10. The molecule has 0 aliphatic carbocycles. The van der Waals surface area contributed by atoms with Crippen LogP contribution in [0.1, 0.15) is 10.4 Å². The summed E-state index contributed by atoms with van der Waals surface area (Å²) in [6.07, 6.45) is 1.57. The predicted molar refractivity (Wildman–Crippen MR) is 73.0 cm³/mol. The van der Waals surface area contributed by atoms with Gasteiger partial charge in [-0.3, -0.25) is 4.40 Å². The molecule has 0 amide bonds. The molecule has 0 bridgehead atoms. The van der Waals surface area contributed by atoms with Crippen molar-refractivity contribution in [1.82, 2.24) is 9.38 Å². The van der Waals surface area contributed by atoms with E-state index in [1.165, 1.54) is 10.5 Å². The van der Waals surface area contributed by atoms with E-state index in [1.54, 1.807) is 24.4 Å². The number of carboxylic acids is 1. The fourth-order valence-electron chi connectivity index (χ4n) is 2.10. The van der Waals surface area contributed by atoms with Gasteiger partial charge in [-0.05, 0) is 17.3 Å². The summed E-state index contributed by atoms with van der Waals surface area (Å²) in [5.74, 6) is -1.01. The maximum atomic E-state index is 11.2. The average Bonchev–Trinajstić information content (AvgIpc) is 2.86. The molecule has 20 heavy (non-hydrogen) atoms. The van der Waals surface area contributed by atoms with Crippen LogP contribution in [0.4, 0.5) is 5.82 Å². The van der Waals surface area contributed by atoms with E-state index < -0.39 is 5.97 Å². The summed E-state index contributed by atoms with van der Waals surface area (Å²) in [5.41, 5.74) is 1.31. The van der Waals surface area contributed by atoms with Crippen molar-refractivity contribution in [2.75, 3.05) is 0 Å². The Labute approximate surface area is 113 Å². The molecule has 3 aromatic rings. The van der Waals surface area contributed by atoms with Crippen LogP contribution < -0.4 is 0 Å². The SMILES string of the molecule is O=Nc1c(-c2ccccc2)nc2c(C(=O)O)cccn12. The van der Waals surface area contributed by atoms with Gasteiger partial charge in [0.1, 0.15) is 11.3 Å². The monoisotopic (exact) mass is 267 g/mol. The summed E-state index contributed by atoms with van der Waals surface area (Å²) in [4.78, 5) is 26.6. The van der Waals surface area contributed by atoms with E-state index >= 15 is 0 Å². The van der Waals surface area contributed by atoms with Crippen LogP contribution >= 0.6 is 0 Å². The van der Waals surface area contributed by atoms with Gasteiger partial charge in [-0.1, -0.05) is 30.3 Å². The molecular weight excluding hydrogens is 258 g/mol. The Morgan fingerprint density at radius 2 is 1.90 bits per heavy atom. The number of benzene rings is 1. The molecule has 0 saturated carbocycles. The van der Waals surface area contributed by atoms with Crippen molar-refractivity contribution < 1.29 is 9.90 Å². The molecule has 1 aromatic carbocycles. The van der Waals surface area contributed by atoms with Gasteiger partial charge < -0.3 is 5.11 Å². The van der Waals surface area contributed by atoms with Gasteiger partial charge in [0.05, 0.1) is 0 Å². The summed E-state index contributed by atoms with van der Waals surface area (Å²) in [7, 11) is 0. The lowest BCUT2D eigenvalue weighted by Gasteiger charge is -1.97. The quantitative estimate of drug-likeness (QED) is 0.739. The van der Waals surface area contributed by atoms with Crippen LogP contribution in [0.2, 0.25) is 0 Å². The van der Waals surface area contributed by atoms with Crippen molar-refractivity contribution in [2.24, 2.45) is 5.18 Å². The van der Waals surface area contributed by atoms with Crippen molar-refractivity contribution in [2.45, 2.75) is 0 Å². The fraction of sp³-hybridized carbons (Fsp3) is 0. The molecule has 6 heteroatoms. The number of carbonyl (C=O) groups is 1. The summed E-state index contributed by atoms with van der Waals surface area (Å²) in [5, 5.41) is 12.2. The topological polar surface area (TPSA) is 84.0 Å². The van der Waals surface area contributed by atoms with Crippen LogP contribution in [0.5, 0.6) is 0 Å². The molecule has 0 atom stereocenters. The van der Waals surface area contributed by atoms with E-state index in [0.717, 1.165) is 0 Å². The van der Waals surface area contributed by atoms with Gasteiger partial charge in [0.15, 0.2) is 5.65 Å². The molecule has 3 rings (SSSR count). The first kappa shape index (κ1) is 12.0. The maximum Gasteiger partial charge on any atom is 0.339 e. The van der Waals surface area contributed by atoms with Crippen LogP contribution in [-0.2, 0) is 0 Å². The largest absolute Gasteiger partial charge is 0.478 e. The summed E-state index contributed by atoms with van der Waals surface area (Å²) in [6.45, 7) is 0. The van der Waals surface area contributed by atoms with Crippen molar-refractivity contribution in [3.05, 3.63) is 59.1 Å². The van der Waals surface area contributed by atoms with Gasteiger partial charge in [0, 0.05) is 11.8 Å². The van der Waals surface area contributed by atoms with Crippen molar-refractivity contribution in [1.29, 1.82) is 0 Å². The highest BCUT2D eigenvalue weighted by molar-refractivity contribution is 5.95. The third-order valence-electron chi connectivity index (χ3n) is 2.99. The second kappa shape index (κ2) is 4.58. The lowest BCUT2D eigenvalue weighted by atomic mass is 10.1. The Morgan fingerprint density at radius 3 is 2.55 bits per heavy atom. The minimum Gasteiger partial charge on any atom is -0.478 e. The summed E-state index contributed by atoms with van der Waals surface area (Å²) in [6, 6.07) is 12.0. The molecule has 0 aliphatic rings. The number of nitrogens with zero attached hydrogens (tertiary/aromatic N) is 3. The van der Waals surface area contributed by atoms with Gasteiger partial charge in [0.2, 0.25) is 5.82 Å². The third kappa shape index (κ3) is 1.74. The standard InChI is InChI=1S/C14H9N3O3/c18-14(19)10-7-4-8-17-12(10)15-11(13(17)16-20)9-5-2-1-3-6-9/h1-8H,(H,18,19). The molecule has 2 aromatic heterocycles. The van der Waals surface area contributed by atoms with E-state index in [-0.39, 0.29) is 17.0 Å². The maximum absolute atomic E-state index is 11.2. The number of aromatic carboxylic acids is 1.